The summed E-state index contributed by atoms with van der Waals surface area (Å²) in [6, 6.07) is 0. The van der Waals surface area contributed by atoms with Crippen LogP contribution in [0.25, 0.3) is 0 Å². The van der Waals surface area contributed by atoms with Gasteiger partial charge in [0.05, 0.1) is 0 Å². The van der Waals surface area contributed by atoms with Crippen molar-refractivity contribution in [1.29, 1.82) is 0 Å². The number of piperidine rings is 1. The zero-order chi connectivity index (χ0) is 9.19. The maximum Gasteiger partial charge on any atom is 0.277 e. The number of halogens is 2. The molecule has 0 radical (unpaired) electrons. The molecular formula is C8H15F2NO. The summed E-state index contributed by atoms with van der Waals surface area (Å²) in [7, 11) is 0. The molecule has 2 N–H and O–H groups in total. The zero-order valence-electron chi connectivity index (χ0n) is 7.19. The highest BCUT2D eigenvalue weighted by molar-refractivity contribution is 4.85. The van der Waals surface area contributed by atoms with Crippen molar-refractivity contribution in [3.63, 3.8) is 0 Å². The molecule has 0 amide bonds. The van der Waals surface area contributed by atoms with Crippen LogP contribution in [0.3, 0.4) is 0 Å². The second-order valence-electron chi connectivity index (χ2n) is 3.39. The molecule has 1 heterocycles. The van der Waals surface area contributed by atoms with Crippen LogP contribution in [-0.4, -0.2) is 30.2 Å². The average molecular weight is 179 g/mol. The van der Waals surface area contributed by atoms with Crippen molar-refractivity contribution in [2.45, 2.75) is 31.8 Å². The third kappa shape index (κ3) is 1.93. The van der Waals surface area contributed by atoms with E-state index in [1.165, 1.54) is 0 Å². The normalized spacial score (nSPS) is 28.5. The summed E-state index contributed by atoms with van der Waals surface area (Å²) in [5.41, 5.74) is 0. The van der Waals surface area contributed by atoms with Gasteiger partial charge in [-0.05, 0) is 26.3 Å². The molecule has 0 bridgehead atoms. The van der Waals surface area contributed by atoms with E-state index < -0.39 is 17.9 Å². The van der Waals surface area contributed by atoms with Gasteiger partial charge >= 0.3 is 0 Å². The molecule has 1 saturated heterocycles. The third-order valence-corrected chi connectivity index (χ3v) is 2.40. The summed E-state index contributed by atoms with van der Waals surface area (Å²) in [4.78, 5) is 0. The van der Waals surface area contributed by atoms with Gasteiger partial charge in [0.1, 0.15) is 6.10 Å². The molecule has 12 heavy (non-hydrogen) atoms. The molecule has 1 rings (SSSR count). The van der Waals surface area contributed by atoms with E-state index in [2.05, 4.69) is 5.32 Å². The SMILES string of the molecule is CC(O)C(F)(F)C1CCCNC1. The Morgan fingerprint density at radius 2 is 2.25 bits per heavy atom. The first-order chi connectivity index (χ1) is 5.55. The lowest BCUT2D eigenvalue weighted by Gasteiger charge is -2.32. The highest BCUT2D eigenvalue weighted by atomic mass is 19.3. The molecule has 4 heteroatoms. The molecule has 0 spiro atoms. The molecule has 2 unspecified atom stereocenters. The van der Waals surface area contributed by atoms with Crippen molar-refractivity contribution < 1.29 is 13.9 Å². The second-order valence-corrected chi connectivity index (χ2v) is 3.39. The van der Waals surface area contributed by atoms with Crippen molar-refractivity contribution in [2.24, 2.45) is 5.92 Å². The lowest BCUT2D eigenvalue weighted by Crippen LogP contribution is -2.46. The van der Waals surface area contributed by atoms with E-state index >= 15 is 0 Å². The number of aliphatic hydroxyl groups is 1. The second kappa shape index (κ2) is 3.66. The lowest BCUT2D eigenvalue weighted by molar-refractivity contribution is -0.144. The summed E-state index contributed by atoms with van der Waals surface area (Å²) in [6.45, 7) is 2.28. The molecule has 1 aliphatic rings. The molecule has 1 aliphatic heterocycles. The maximum atomic E-state index is 13.1. The summed E-state index contributed by atoms with van der Waals surface area (Å²) >= 11 is 0. The molecule has 1 fully saturated rings. The minimum Gasteiger partial charge on any atom is -0.387 e. The van der Waals surface area contributed by atoms with Crippen molar-refractivity contribution in [3.8, 4) is 0 Å². The highest BCUT2D eigenvalue weighted by Gasteiger charge is 2.44. The Labute approximate surface area is 71.0 Å². The van der Waals surface area contributed by atoms with E-state index in [1.807, 2.05) is 0 Å². The first-order valence-corrected chi connectivity index (χ1v) is 4.31. The zero-order valence-corrected chi connectivity index (χ0v) is 7.19. The fourth-order valence-electron chi connectivity index (χ4n) is 1.52. The maximum absolute atomic E-state index is 13.1. The van der Waals surface area contributed by atoms with Crippen LogP contribution in [0.4, 0.5) is 8.78 Å². The minimum atomic E-state index is -2.94. The fraction of sp³-hybridized carbons (Fsp3) is 1.00. The van der Waals surface area contributed by atoms with Crippen LogP contribution in [-0.2, 0) is 0 Å². The Kier molecular flexibility index (Phi) is 3.01. The van der Waals surface area contributed by atoms with Crippen LogP contribution in [0.5, 0.6) is 0 Å². The number of hydrogen-bond acceptors (Lipinski definition) is 2. The van der Waals surface area contributed by atoms with Crippen LogP contribution in [0.1, 0.15) is 19.8 Å². The number of nitrogens with one attached hydrogen (secondary N) is 1. The van der Waals surface area contributed by atoms with E-state index in [1.54, 1.807) is 0 Å². The Balaban J connectivity index is 2.53. The number of rotatable bonds is 2. The monoisotopic (exact) mass is 179 g/mol. The number of aliphatic hydroxyl groups excluding tert-OH is 1. The highest BCUT2D eigenvalue weighted by Crippen LogP contribution is 2.32. The van der Waals surface area contributed by atoms with Gasteiger partial charge in [0.15, 0.2) is 0 Å². The lowest BCUT2D eigenvalue weighted by atomic mass is 9.90. The first-order valence-electron chi connectivity index (χ1n) is 4.31. The summed E-state index contributed by atoms with van der Waals surface area (Å²) < 4.78 is 26.3. The molecule has 72 valence electrons. The summed E-state index contributed by atoms with van der Waals surface area (Å²) in [6.07, 6.45) is -0.264. The minimum absolute atomic E-state index is 0.317. The van der Waals surface area contributed by atoms with E-state index in [-0.39, 0.29) is 0 Å². The standard InChI is InChI=1S/C8H15F2NO/c1-6(12)8(9,10)7-3-2-4-11-5-7/h6-7,11-12H,2-5H2,1H3. The smallest absolute Gasteiger partial charge is 0.277 e. The van der Waals surface area contributed by atoms with Crippen LogP contribution >= 0.6 is 0 Å². The molecular weight excluding hydrogens is 164 g/mol. The Hall–Kier alpha value is -0.220. The quantitative estimate of drug-likeness (QED) is 0.663. The van der Waals surface area contributed by atoms with E-state index in [0.717, 1.165) is 19.9 Å². The van der Waals surface area contributed by atoms with Crippen molar-refractivity contribution in [2.75, 3.05) is 13.1 Å². The van der Waals surface area contributed by atoms with E-state index in [9.17, 15) is 8.78 Å². The Morgan fingerprint density at radius 1 is 1.58 bits per heavy atom. The van der Waals surface area contributed by atoms with Gasteiger partial charge in [0.25, 0.3) is 5.92 Å². The number of alkyl halides is 2. The molecule has 0 aromatic heterocycles. The molecule has 0 aromatic carbocycles. The summed E-state index contributed by atoms with van der Waals surface area (Å²) in [5, 5.41) is 11.8. The average Bonchev–Trinajstić information content (AvgIpc) is 2.06. The van der Waals surface area contributed by atoms with Gasteiger partial charge in [-0.2, -0.15) is 0 Å². The fourth-order valence-corrected chi connectivity index (χ4v) is 1.52. The first kappa shape index (κ1) is 9.86. The molecule has 0 aliphatic carbocycles. The van der Waals surface area contributed by atoms with Gasteiger partial charge in [-0.1, -0.05) is 0 Å². The van der Waals surface area contributed by atoms with E-state index in [4.69, 9.17) is 5.11 Å². The Bertz CT molecular complexity index is 144. The largest absolute Gasteiger partial charge is 0.387 e. The molecule has 0 saturated carbocycles. The topological polar surface area (TPSA) is 32.3 Å². The number of hydrogen-bond donors (Lipinski definition) is 2. The van der Waals surface area contributed by atoms with Gasteiger partial charge < -0.3 is 10.4 Å². The van der Waals surface area contributed by atoms with Crippen molar-refractivity contribution in [1.82, 2.24) is 5.32 Å². The molecule has 2 nitrogen and oxygen atoms in total. The third-order valence-electron chi connectivity index (χ3n) is 2.40. The summed E-state index contributed by atoms with van der Waals surface area (Å²) in [5.74, 6) is -3.64. The van der Waals surface area contributed by atoms with Crippen LogP contribution in [0.15, 0.2) is 0 Å². The van der Waals surface area contributed by atoms with Crippen molar-refractivity contribution >= 4 is 0 Å². The van der Waals surface area contributed by atoms with Crippen LogP contribution < -0.4 is 5.32 Å². The Morgan fingerprint density at radius 3 is 2.67 bits per heavy atom. The predicted octanol–water partition coefficient (Wildman–Crippen LogP) is 1.00. The van der Waals surface area contributed by atoms with E-state index in [0.29, 0.717) is 13.0 Å². The molecule has 2 atom stereocenters. The van der Waals surface area contributed by atoms with Gasteiger partial charge in [-0.25, -0.2) is 8.78 Å². The van der Waals surface area contributed by atoms with Gasteiger partial charge in [-0.3, -0.25) is 0 Å². The van der Waals surface area contributed by atoms with Gasteiger partial charge in [0, 0.05) is 12.5 Å². The van der Waals surface area contributed by atoms with Crippen LogP contribution in [0, 0.1) is 5.92 Å². The van der Waals surface area contributed by atoms with Gasteiger partial charge in [-0.15, -0.1) is 0 Å². The van der Waals surface area contributed by atoms with Crippen LogP contribution in [0.2, 0.25) is 0 Å². The van der Waals surface area contributed by atoms with Gasteiger partial charge in [0.2, 0.25) is 0 Å². The van der Waals surface area contributed by atoms with Crippen molar-refractivity contribution in [3.05, 3.63) is 0 Å². The predicted molar refractivity (Wildman–Crippen MR) is 42.2 cm³/mol. The molecule has 0 aromatic rings.